The van der Waals surface area contributed by atoms with Crippen LogP contribution < -0.4 is 0 Å². The molecule has 78 valence electrons. The lowest BCUT2D eigenvalue weighted by atomic mass is 9.94. The molecule has 13 heavy (non-hydrogen) atoms. The molecule has 0 spiro atoms. The molecule has 0 saturated heterocycles. The molecule has 0 aromatic heterocycles. The number of methoxy groups -OCH3 is 1. The van der Waals surface area contributed by atoms with Crippen molar-refractivity contribution in [2.75, 3.05) is 27.3 Å². The minimum absolute atomic E-state index is 0.852. The standard InChI is InChI=1S/C11H23NO/c1-12(9-6-10-13-2)11-7-4-3-5-8-11/h11H,3-10H2,1-2H3. The van der Waals surface area contributed by atoms with Crippen molar-refractivity contribution in [3.05, 3.63) is 0 Å². The van der Waals surface area contributed by atoms with E-state index in [4.69, 9.17) is 4.74 Å². The highest BCUT2D eigenvalue weighted by Gasteiger charge is 2.16. The molecule has 1 fully saturated rings. The molecule has 0 N–H and O–H groups in total. The second-order valence-electron chi connectivity index (χ2n) is 4.12. The Balaban J connectivity index is 2.09. The summed E-state index contributed by atoms with van der Waals surface area (Å²) >= 11 is 0. The number of hydrogen-bond acceptors (Lipinski definition) is 2. The fourth-order valence-corrected chi connectivity index (χ4v) is 2.16. The average molecular weight is 185 g/mol. The van der Waals surface area contributed by atoms with Crippen LogP contribution in [0.2, 0.25) is 0 Å². The molecule has 0 radical (unpaired) electrons. The Kier molecular flexibility index (Phi) is 5.40. The lowest BCUT2D eigenvalue weighted by Crippen LogP contribution is -2.34. The van der Waals surface area contributed by atoms with Crippen molar-refractivity contribution in [1.82, 2.24) is 4.90 Å². The molecule has 1 aliphatic carbocycles. The molecular formula is C11H23NO. The van der Waals surface area contributed by atoms with Crippen LogP contribution in [-0.4, -0.2) is 38.3 Å². The van der Waals surface area contributed by atoms with Gasteiger partial charge in [-0.2, -0.15) is 0 Å². The van der Waals surface area contributed by atoms with Gasteiger partial charge in [0.05, 0.1) is 0 Å². The molecular weight excluding hydrogens is 162 g/mol. The second-order valence-corrected chi connectivity index (χ2v) is 4.12. The Bertz CT molecular complexity index is 121. The highest BCUT2D eigenvalue weighted by molar-refractivity contribution is 4.73. The van der Waals surface area contributed by atoms with Crippen LogP contribution in [0.15, 0.2) is 0 Å². The molecule has 0 atom stereocenters. The largest absolute Gasteiger partial charge is 0.385 e. The summed E-state index contributed by atoms with van der Waals surface area (Å²) in [6, 6.07) is 0.852. The van der Waals surface area contributed by atoms with Crippen LogP contribution in [0.25, 0.3) is 0 Å². The molecule has 0 aromatic carbocycles. The minimum Gasteiger partial charge on any atom is -0.385 e. The van der Waals surface area contributed by atoms with E-state index in [1.165, 1.54) is 45.1 Å². The van der Waals surface area contributed by atoms with Crippen molar-refractivity contribution in [2.24, 2.45) is 0 Å². The minimum atomic E-state index is 0.852. The fourth-order valence-electron chi connectivity index (χ4n) is 2.16. The molecule has 1 rings (SSSR count). The topological polar surface area (TPSA) is 12.5 Å². The maximum Gasteiger partial charge on any atom is 0.0474 e. The second kappa shape index (κ2) is 6.39. The predicted molar refractivity (Wildman–Crippen MR) is 56.0 cm³/mol. The number of rotatable bonds is 5. The van der Waals surface area contributed by atoms with E-state index in [2.05, 4.69) is 11.9 Å². The van der Waals surface area contributed by atoms with Gasteiger partial charge in [0.15, 0.2) is 0 Å². The van der Waals surface area contributed by atoms with Gasteiger partial charge in [-0.3, -0.25) is 0 Å². The van der Waals surface area contributed by atoms with Gasteiger partial charge < -0.3 is 9.64 Å². The van der Waals surface area contributed by atoms with Crippen molar-refractivity contribution in [2.45, 2.75) is 44.6 Å². The Morgan fingerprint density at radius 1 is 1.23 bits per heavy atom. The zero-order valence-electron chi connectivity index (χ0n) is 9.09. The molecule has 0 aliphatic heterocycles. The Hall–Kier alpha value is -0.0800. The van der Waals surface area contributed by atoms with Crippen LogP contribution in [0.4, 0.5) is 0 Å². The van der Waals surface area contributed by atoms with Gasteiger partial charge in [-0.05, 0) is 26.3 Å². The molecule has 1 aliphatic rings. The molecule has 0 unspecified atom stereocenters. The molecule has 0 amide bonds. The normalized spacial score (nSPS) is 19.6. The summed E-state index contributed by atoms with van der Waals surface area (Å²) in [6.07, 6.45) is 8.29. The van der Waals surface area contributed by atoms with Gasteiger partial charge >= 0.3 is 0 Å². The van der Waals surface area contributed by atoms with Crippen LogP contribution >= 0.6 is 0 Å². The van der Waals surface area contributed by atoms with Gasteiger partial charge in [-0.25, -0.2) is 0 Å². The highest BCUT2D eigenvalue weighted by Crippen LogP contribution is 2.21. The van der Waals surface area contributed by atoms with Crippen molar-refractivity contribution in [3.8, 4) is 0 Å². The quantitative estimate of drug-likeness (QED) is 0.609. The van der Waals surface area contributed by atoms with Crippen LogP contribution in [-0.2, 0) is 4.74 Å². The SMILES string of the molecule is COCCCN(C)C1CCCCC1. The summed E-state index contributed by atoms with van der Waals surface area (Å²) in [5.74, 6) is 0. The van der Waals surface area contributed by atoms with Crippen molar-refractivity contribution in [1.29, 1.82) is 0 Å². The average Bonchev–Trinajstić information content (AvgIpc) is 2.19. The summed E-state index contributed by atoms with van der Waals surface area (Å²) in [5.41, 5.74) is 0. The lowest BCUT2D eigenvalue weighted by Gasteiger charge is -2.31. The van der Waals surface area contributed by atoms with Gasteiger partial charge in [0.2, 0.25) is 0 Å². The lowest BCUT2D eigenvalue weighted by molar-refractivity contribution is 0.150. The van der Waals surface area contributed by atoms with Crippen molar-refractivity contribution < 1.29 is 4.74 Å². The maximum atomic E-state index is 5.05. The predicted octanol–water partition coefficient (Wildman–Crippen LogP) is 2.29. The van der Waals surface area contributed by atoms with E-state index in [1.54, 1.807) is 7.11 Å². The van der Waals surface area contributed by atoms with E-state index >= 15 is 0 Å². The van der Waals surface area contributed by atoms with Gasteiger partial charge in [0, 0.05) is 26.3 Å². The number of hydrogen-bond donors (Lipinski definition) is 0. The van der Waals surface area contributed by atoms with Crippen molar-refractivity contribution >= 4 is 0 Å². The first-order valence-electron chi connectivity index (χ1n) is 5.54. The maximum absolute atomic E-state index is 5.05. The zero-order valence-corrected chi connectivity index (χ0v) is 9.09. The summed E-state index contributed by atoms with van der Waals surface area (Å²) in [6.45, 7) is 2.09. The van der Waals surface area contributed by atoms with Gasteiger partial charge in [0.1, 0.15) is 0 Å². The number of ether oxygens (including phenoxy) is 1. The monoisotopic (exact) mass is 185 g/mol. The van der Waals surface area contributed by atoms with E-state index < -0.39 is 0 Å². The van der Waals surface area contributed by atoms with Crippen LogP contribution in [0.3, 0.4) is 0 Å². The third kappa shape index (κ3) is 4.10. The Morgan fingerprint density at radius 3 is 2.54 bits per heavy atom. The van der Waals surface area contributed by atoms with E-state index in [0.29, 0.717) is 0 Å². The molecule has 0 heterocycles. The Labute approximate surface area is 82.3 Å². The third-order valence-corrected chi connectivity index (χ3v) is 3.06. The van der Waals surface area contributed by atoms with E-state index in [1.807, 2.05) is 0 Å². The van der Waals surface area contributed by atoms with E-state index in [-0.39, 0.29) is 0 Å². The first-order valence-corrected chi connectivity index (χ1v) is 5.54. The van der Waals surface area contributed by atoms with Crippen LogP contribution in [0.1, 0.15) is 38.5 Å². The Morgan fingerprint density at radius 2 is 1.92 bits per heavy atom. The molecule has 0 aromatic rings. The van der Waals surface area contributed by atoms with Crippen molar-refractivity contribution in [3.63, 3.8) is 0 Å². The molecule has 1 saturated carbocycles. The number of nitrogens with zero attached hydrogens (tertiary/aromatic N) is 1. The van der Waals surface area contributed by atoms with Gasteiger partial charge in [-0.15, -0.1) is 0 Å². The smallest absolute Gasteiger partial charge is 0.0474 e. The molecule has 2 nitrogen and oxygen atoms in total. The van der Waals surface area contributed by atoms with Crippen LogP contribution in [0, 0.1) is 0 Å². The van der Waals surface area contributed by atoms with E-state index in [9.17, 15) is 0 Å². The third-order valence-electron chi connectivity index (χ3n) is 3.06. The summed E-state index contributed by atoms with van der Waals surface area (Å²) in [4.78, 5) is 2.51. The summed E-state index contributed by atoms with van der Waals surface area (Å²) in [7, 11) is 4.03. The van der Waals surface area contributed by atoms with Gasteiger partial charge in [-0.1, -0.05) is 19.3 Å². The summed E-state index contributed by atoms with van der Waals surface area (Å²) < 4.78 is 5.05. The summed E-state index contributed by atoms with van der Waals surface area (Å²) in [5, 5.41) is 0. The van der Waals surface area contributed by atoms with Crippen LogP contribution in [0.5, 0.6) is 0 Å². The molecule has 2 heteroatoms. The first kappa shape index (κ1) is 11.0. The molecule has 0 bridgehead atoms. The highest BCUT2D eigenvalue weighted by atomic mass is 16.5. The van der Waals surface area contributed by atoms with Gasteiger partial charge in [0.25, 0.3) is 0 Å². The van der Waals surface area contributed by atoms with E-state index in [0.717, 1.165) is 12.6 Å². The first-order chi connectivity index (χ1) is 6.34. The zero-order chi connectivity index (χ0) is 9.52. The fraction of sp³-hybridized carbons (Fsp3) is 1.00.